The Bertz CT molecular complexity index is 685. The summed E-state index contributed by atoms with van der Waals surface area (Å²) >= 11 is 0. The summed E-state index contributed by atoms with van der Waals surface area (Å²) in [5, 5.41) is 9.18. The third-order valence-electron chi connectivity index (χ3n) is 3.07. The normalized spacial score (nSPS) is 10.2. The maximum Gasteiger partial charge on any atom is 0.337 e. The van der Waals surface area contributed by atoms with Crippen molar-refractivity contribution in [2.75, 3.05) is 11.9 Å². The van der Waals surface area contributed by atoms with Crippen LogP contribution in [0.2, 0.25) is 0 Å². The molecule has 0 saturated heterocycles. The number of carbonyl (C=O) groups excluding carboxylic acids is 1. The summed E-state index contributed by atoms with van der Waals surface area (Å²) in [5.74, 6) is -1.40. The summed E-state index contributed by atoms with van der Waals surface area (Å²) < 4.78 is 0. The molecule has 0 unspecified atom stereocenters. The van der Waals surface area contributed by atoms with Crippen molar-refractivity contribution >= 4 is 17.6 Å². The van der Waals surface area contributed by atoms with Gasteiger partial charge < -0.3 is 15.7 Å². The van der Waals surface area contributed by atoms with E-state index in [-0.39, 0.29) is 18.0 Å². The zero-order chi connectivity index (χ0) is 15.4. The zero-order valence-electron chi connectivity index (χ0n) is 11.5. The number of hydrogen-bond donors (Lipinski definition) is 2. The van der Waals surface area contributed by atoms with Crippen molar-refractivity contribution in [3.8, 4) is 0 Å². The molecular weight excluding hydrogens is 270 g/mol. The van der Waals surface area contributed by atoms with Crippen molar-refractivity contribution in [2.24, 2.45) is 5.73 Å². The van der Waals surface area contributed by atoms with E-state index >= 15 is 0 Å². The Morgan fingerprint density at radius 3 is 2.67 bits per heavy atom. The predicted octanol–water partition coefficient (Wildman–Crippen LogP) is 1.52. The van der Waals surface area contributed by atoms with Crippen LogP contribution in [0.5, 0.6) is 0 Å². The van der Waals surface area contributed by atoms with E-state index in [1.807, 2.05) is 0 Å². The molecule has 3 N–H and O–H groups in total. The number of carbonyl (C=O) groups is 2. The van der Waals surface area contributed by atoms with Gasteiger partial charge in [0.15, 0.2) is 0 Å². The van der Waals surface area contributed by atoms with Crippen LogP contribution < -0.4 is 10.6 Å². The molecule has 1 amide bonds. The molecule has 1 heterocycles. The van der Waals surface area contributed by atoms with Gasteiger partial charge in [0.25, 0.3) is 5.91 Å². The molecule has 0 bridgehead atoms. The summed E-state index contributed by atoms with van der Waals surface area (Å²) in [4.78, 5) is 29.0. The Hall–Kier alpha value is -2.73. The lowest BCUT2D eigenvalue weighted by Gasteiger charge is -2.19. The van der Waals surface area contributed by atoms with Gasteiger partial charge in [0.1, 0.15) is 0 Å². The molecule has 0 fully saturated rings. The third-order valence-corrected chi connectivity index (χ3v) is 3.07. The Balaban J connectivity index is 2.37. The lowest BCUT2D eigenvalue weighted by atomic mass is 10.1. The Labute approximate surface area is 121 Å². The van der Waals surface area contributed by atoms with Crippen LogP contribution in [0.3, 0.4) is 0 Å². The molecule has 2 rings (SSSR count). The van der Waals surface area contributed by atoms with E-state index in [1.165, 1.54) is 24.2 Å². The second-order valence-electron chi connectivity index (χ2n) is 4.43. The number of amides is 1. The number of nitrogens with two attached hydrogens (primary N) is 1. The summed E-state index contributed by atoms with van der Waals surface area (Å²) in [6.07, 6.45) is 1.51. The zero-order valence-corrected chi connectivity index (χ0v) is 11.5. The van der Waals surface area contributed by atoms with Crippen LogP contribution in [0.15, 0.2) is 42.6 Å². The second-order valence-corrected chi connectivity index (χ2v) is 4.43. The fourth-order valence-corrected chi connectivity index (χ4v) is 1.97. The number of anilines is 1. The van der Waals surface area contributed by atoms with E-state index in [1.54, 1.807) is 30.3 Å². The van der Waals surface area contributed by atoms with E-state index in [0.717, 1.165) is 0 Å². The molecule has 2 aromatic rings. The minimum absolute atomic E-state index is 0.0708. The van der Waals surface area contributed by atoms with Gasteiger partial charge in [-0.2, -0.15) is 0 Å². The van der Waals surface area contributed by atoms with Crippen molar-refractivity contribution in [3.63, 3.8) is 0 Å². The lowest BCUT2D eigenvalue weighted by Crippen LogP contribution is -2.28. The first-order chi connectivity index (χ1) is 10.0. The fraction of sp³-hybridized carbons (Fsp3) is 0.133. The van der Waals surface area contributed by atoms with Crippen LogP contribution >= 0.6 is 0 Å². The number of aromatic carboxylic acids is 1. The number of aromatic nitrogens is 1. The first-order valence-electron chi connectivity index (χ1n) is 6.30. The van der Waals surface area contributed by atoms with E-state index < -0.39 is 5.97 Å². The molecule has 0 aliphatic rings. The first-order valence-corrected chi connectivity index (χ1v) is 6.30. The van der Waals surface area contributed by atoms with Crippen LogP contribution in [-0.4, -0.2) is 29.0 Å². The summed E-state index contributed by atoms with van der Waals surface area (Å²) in [5.41, 5.74) is 6.92. The van der Waals surface area contributed by atoms with Gasteiger partial charge in [-0.15, -0.1) is 0 Å². The number of para-hydroxylation sites is 1. The number of carboxylic acid groups (broad SMARTS) is 1. The number of pyridine rings is 1. The maximum atomic E-state index is 12.5. The molecular formula is C15H15N3O3. The highest BCUT2D eigenvalue weighted by Gasteiger charge is 2.19. The number of nitrogens with zero attached hydrogens (tertiary/aromatic N) is 2. The van der Waals surface area contributed by atoms with Crippen LogP contribution in [0.1, 0.15) is 26.4 Å². The van der Waals surface area contributed by atoms with Gasteiger partial charge in [-0.05, 0) is 24.3 Å². The molecule has 0 atom stereocenters. The molecule has 6 nitrogen and oxygen atoms in total. The van der Waals surface area contributed by atoms with Crippen molar-refractivity contribution < 1.29 is 14.7 Å². The van der Waals surface area contributed by atoms with Crippen molar-refractivity contribution in [2.45, 2.75) is 6.54 Å². The summed E-state index contributed by atoms with van der Waals surface area (Å²) in [6.45, 7) is 0.233. The van der Waals surface area contributed by atoms with Gasteiger partial charge in [0, 0.05) is 25.4 Å². The smallest absolute Gasteiger partial charge is 0.337 e. The molecule has 0 spiro atoms. The highest BCUT2D eigenvalue weighted by molar-refractivity contribution is 6.09. The number of carboxylic acids is 1. The van der Waals surface area contributed by atoms with E-state index in [0.29, 0.717) is 16.9 Å². The molecule has 0 saturated carbocycles. The number of benzene rings is 1. The lowest BCUT2D eigenvalue weighted by molar-refractivity contribution is 0.0697. The van der Waals surface area contributed by atoms with Gasteiger partial charge >= 0.3 is 5.97 Å². The molecule has 0 aliphatic carbocycles. The molecule has 1 aromatic heterocycles. The molecule has 6 heteroatoms. The van der Waals surface area contributed by atoms with Crippen LogP contribution in [-0.2, 0) is 6.54 Å². The van der Waals surface area contributed by atoms with E-state index in [9.17, 15) is 14.7 Å². The molecule has 0 aliphatic heterocycles. The van der Waals surface area contributed by atoms with Gasteiger partial charge in [-0.1, -0.05) is 12.1 Å². The Morgan fingerprint density at radius 1 is 1.29 bits per heavy atom. The SMILES string of the molecule is CN(C(=O)c1ccnc(CN)c1)c1ccccc1C(=O)O. The second kappa shape index (κ2) is 6.15. The first kappa shape index (κ1) is 14.7. The number of rotatable bonds is 4. The van der Waals surface area contributed by atoms with E-state index in [2.05, 4.69) is 4.98 Å². The fourth-order valence-electron chi connectivity index (χ4n) is 1.97. The highest BCUT2D eigenvalue weighted by Crippen LogP contribution is 2.21. The minimum atomic E-state index is -1.08. The minimum Gasteiger partial charge on any atom is -0.478 e. The van der Waals surface area contributed by atoms with Crippen molar-refractivity contribution in [3.05, 3.63) is 59.4 Å². The van der Waals surface area contributed by atoms with Crippen LogP contribution in [0.4, 0.5) is 5.69 Å². The van der Waals surface area contributed by atoms with Crippen LogP contribution in [0.25, 0.3) is 0 Å². The van der Waals surface area contributed by atoms with Crippen molar-refractivity contribution in [1.29, 1.82) is 0 Å². The van der Waals surface area contributed by atoms with Gasteiger partial charge in [0.2, 0.25) is 0 Å². The molecule has 21 heavy (non-hydrogen) atoms. The Morgan fingerprint density at radius 2 is 2.00 bits per heavy atom. The molecule has 1 aromatic carbocycles. The van der Waals surface area contributed by atoms with Gasteiger partial charge in [-0.25, -0.2) is 4.79 Å². The van der Waals surface area contributed by atoms with Gasteiger partial charge in [0.05, 0.1) is 16.9 Å². The van der Waals surface area contributed by atoms with Gasteiger partial charge in [-0.3, -0.25) is 9.78 Å². The molecule has 0 radical (unpaired) electrons. The summed E-state index contributed by atoms with van der Waals surface area (Å²) in [7, 11) is 1.53. The third kappa shape index (κ3) is 3.06. The average Bonchev–Trinajstić information content (AvgIpc) is 2.53. The molecule has 108 valence electrons. The van der Waals surface area contributed by atoms with Crippen molar-refractivity contribution in [1.82, 2.24) is 4.98 Å². The number of hydrogen-bond acceptors (Lipinski definition) is 4. The maximum absolute atomic E-state index is 12.5. The largest absolute Gasteiger partial charge is 0.478 e. The topological polar surface area (TPSA) is 96.5 Å². The van der Waals surface area contributed by atoms with E-state index in [4.69, 9.17) is 5.73 Å². The highest BCUT2D eigenvalue weighted by atomic mass is 16.4. The van der Waals surface area contributed by atoms with Crippen LogP contribution in [0, 0.1) is 0 Å². The quantitative estimate of drug-likeness (QED) is 0.887. The predicted molar refractivity (Wildman–Crippen MR) is 78.3 cm³/mol. The Kier molecular flexibility index (Phi) is 4.30. The average molecular weight is 285 g/mol. The standard InChI is InChI=1S/C15H15N3O3/c1-18(13-5-3-2-4-12(13)15(20)21)14(19)10-6-7-17-11(8-10)9-16/h2-8H,9,16H2,1H3,(H,20,21). The monoisotopic (exact) mass is 285 g/mol. The summed E-state index contributed by atoms with van der Waals surface area (Å²) in [6, 6.07) is 9.52.